The molecule has 3 N–H and O–H groups in total. The summed E-state index contributed by atoms with van der Waals surface area (Å²) in [7, 11) is 0. The van der Waals surface area contributed by atoms with Crippen LogP contribution in [0.2, 0.25) is 0 Å². The summed E-state index contributed by atoms with van der Waals surface area (Å²) in [4.78, 5) is 21.9. The van der Waals surface area contributed by atoms with E-state index in [0.29, 0.717) is 19.3 Å². The SMILES string of the molecule is C[C@@H](NC(=O)[C@H]1CC[C@@H](O)C1)C(=O)O. The minimum absolute atomic E-state index is 0.230. The first kappa shape index (κ1) is 11.0. The Morgan fingerprint density at radius 1 is 1.43 bits per heavy atom. The number of carboxylic acid groups (broad SMARTS) is 1. The summed E-state index contributed by atoms with van der Waals surface area (Å²) in [6.07, 6.45) is 1.29. The van der Waals surface area contributed by atoms with E-state index < -0.39 is 18.1 Å². The van der Waals surface area contributed by atoms with Crippen molar-refractivity contribution in [3.05, 3.63) is 0 Å². The van der Waals surface area contributed by atoms with E-state index in [0.717, 1.165) is 0 Å². The monoisotopic (exact) mass is 201 g/mol. The van der Waals surface area contributed by atoms with E-state index in [1.165, 1.54) is 6.92 Å². The maximum Gasteiger partial charge on any atom is 0.325 e. The highest BCUT2D eigenvalue weighted by molar-refractivity contribution is 5.84. The molecule has 0 aromatic heterocycles. The Bertz CT molecular complexity index is 241. The molecule has 0 bridgehead atoms. The number of carboxylic acids is 1. The number of aliphatic hydroxyl groups excluding tert-OH is 1. The molecule has 1 saturated carbocycles. The number of nitrogens with one attached hydrogen (secondary N) is 1. The molecule has 1 rings (SSSR count). The maximum atomic E-state index is 11.4. The van der Waals surface area contributed by atoms with Gasteiger partial charge < -0.3 is 15.5 Å². The highest BCUT2D eigenvalue weighted by Gasteiger charge is 2.29. The van der Waals surface area contributed by atoms with Crippen molar-refractivity contribution in [1.82, 2.24) is 5.32 Å². The molecule has 80 valence electrons. The normalized spacial score (nSPS) is 28.4. The first-order valence-electron chi connectivity index (χ1n) is 4.72. The van der Waals surface area contributed by atoms with Crippen molar-refractivity contribution in [2.24, 2.45) is 5.92 Å². The van der Waals surface area contributed by atoms with Gasteiger partial charge >= 0.3 is 5.97 Å². The molecule has 0 radical (unpaired) electrons. The van der Waals surface area contributed by atoms with E-state index in [1.54, 1.807) is 0 Å². The van der Waals surface area contributed by atoms with Gasteiger partial charge in [-0.05, 0) is 26.2 Å². The molecule has 5 heteroatoms. The minimum Gasteiger partial charge on any atom is -0.480 e. The average Bonchev–Trinajstić information content (AvgIpc) is 2.51. The number of rotatable bonds is 3. The molecule has 0 unspecified atom stereocenters. The molecule has 0 aliphatic heterocycles. The summed E-state index contributed by atoms with van der Waals surface area (Å²) in [5, 5.41) is 20.1. The number of carbonyl (C=O) groups excluding carboxylic acids is 1. The van der Waals surface area contributed by atoms with Gasteiger partial charge in [0.1, 0.15) is 6.04 Å². The second-order valence-electron chi connectivity index (χ2n) is 3.73. The molecular weight excluding hydrogens is 186 g/mol. The third-order valence-corrected chi connectivity index (χ3v) is 2.50. The Morgan fingerprint density at radius 2 is 2.07 bits per heavy atom. The van der Waals surface area contributed by atoms with E-state index in [9.17, 15) is 14.7 Å². The fraction of sp³-hybridized carbons (Fsp3) is 0.778. The van der Waals surface area contributed by atoms with E-state index in [-0.39, 0.29) is 11.8 Å². The molecule has 14 heavy (non-hydrogen) atoms. The summed E-state index contributed by atoms with van der Waals surface area (Å²) >= 11 is 0. The molecule has 1 amide bonds. The van der Waals surface area contributed by atoms with Crippen LogP contribution in [0.3, 0.4) is 0 Å². The van der Waals surface area contributed by atoms with Crippen LogP contribution in [-0.4, -0.2) is 34.2 Å². The third kappa shape index (κ3) is 2.70. The van der Waals surface area contributed by atoms with Crippen LogP contribution >= 0.6 is 0 Å². The number of aliphatic carboxylic acids is 1. The van der Waals surface area contributed by atoms with Crippen LogP contribution in [0.4, 0.5) is 0 Å². The van der Waals surface area contributed by atoms with Gasteiger partial charge in [-0.2, -0.15) is 0 Å². The Balaban J connectivity index is 2.39. The lowest BCUT2D eigenvalue weighted by atomic mass is 10.1. The van der Waals surface area contributed by atoms with Gasteiger partial charge in [0, 0.05) is 5.92 Å². The van der Waals surface area contributed by atoms with Gasteiger partial charge in [-0.3, -0.25) is 9.59 Å². The van der Waals surface area contributed by atoms with Gasteiger partial charge in [-0.25, -0.2) is 0 Å². The standard InChI is InChI=1S/C9H15NO4/c1-5(9(13)14)10-8(12)6-2-3-7(11)4-6/h5-7,11H,2-4H2,1H3,(H,10,12)(H,13,14)/t5-,6+,7-/m1/s1. The van der Waals surface area contributed by atoms with Crippen LogP contribution in [0.1, 0.15) is 26.2 Å². The minimum atomic E-state index is -1.04. The summed E-state index contributed by atoms with van der Waals surface area (Å²) < 4.78 is 0. The van der Waals surface area contributed by atoms with Crippen molar-refractivity contribution in [2.75, 3.05) is 0 Å². The van der Waals surface area contributed by atoms with Crippen molar-refractivity contribution in [1.29, 1.82) is 0 Å². The largest absolute Gasteiger partial charge is 0.480 e. The van der Waals surface area contributed by atoms with E-state index >= 15 is 0 Å². The van der Waals surface area contributed by atoms with E-state index in [2.05, 4.69) is 5.32 Å². The molecule has 1 fully saturated rings. The molecular formula is C9H15NO4. The number of hydrogen-bond donors (Lipinski definition) is 3. The van der Waals surface area contributed by atoms with Crippen molar-refractivity contribution >= 4 is 11.9 Å². The molecule has 3 atom stereocenters. The van der Waals surface area contributed by atoms with Gasteiger partial charge in [0.05, 0.1) is 6.10 Å². The number of carbonyl (C=O) groups is 2. The zero-order chi connectivity index (χ0) is 10.7. The molecule has 1 aliphatic carbocycles. The molecule has 5 nitrogen and oxygen atoms in total. The topological polar surface area (TPSA) is 86.6 Å². The van der Waals surface area contributed by atoms with Crippen LogP contribution in [0.25, 0.3) is 0 Å². The lowest BCUT2D eigenvalue weighted by molar-refractivity contribution is -0.141. The van der Waals surface area contributed by atoms with Gasteiger partial charge in [0.15, 0.2) is 0 Å². The maximum absolute atomic E-state index is 11.4. The van der Waals surface area contributed by atoms with E-state index in [1.807, 2.05) is 0 Å². The third-order valence-electron chi connectivity index (χ3n) is 2.50. The highest BCUT2D eigenvalue weighted by Crippen LogP contribution is 2.25. The zero-order valence-electron chi connectivity index (χ0n) is 8.06. The van der Waals surface area contributed by atoms with Crippen LogP contribution in [-0.2, 0) is 9.59 Å². The molecule has 0 heterocycles. The second-order valence-corrected chi connectivity index (χ2v) is 3.73. The van der Waals surface area contributed by atoms with Gasteiger partial charge in [0.25, 0.3) is 0 Å². The van der Waals surface area contributed by atoms with Crippen LogP contribution in [0.15, 0.2) is 0 Å². The summed E-state index contributed by atoms with van der Waals surface area (Å²) in [5.74, 6) is -1.54. The first-order chi connectivity index (χ1) is 6.50. The lowest BCUT2D eigenvalue weighted by Gasteiger charge is -2.13. The summed E-state index contributed by atoms with van der Waals surface area (Å²) in [5.41, 5.74) is 0. The van der Waals surface area contributed by atoms with Gasteiger partial charge in [-0.15, -0.1) is 0 Å². The Kier molecular flexibility index (Phi) is 3.46. The first-order valence-corrected chi connectivity index (χ1v) is 4.72. The smallest absolute Gasteiger partial charge is 0.325 e. The fourth-order valence-electron chi connectivity index (χ4n) is 1.59. The molecule has 0 spiro atoms. The highest BCUT2D eigenvalue weighted by atomic mass is 16.4. The van der Waals surface area contributed by atoms with Crippen molar-refractivity contribution in [2.45, 2.75) is 38.3 Å². The summed E-state index contributed by atoms with van der Waals surface area (Å²) in [6.45, 7) is 1.42. The fourth-order valence-corrected chi connectivity index (χ4v) is 1.59. The number of aliphatic hydroxyl groups is 1. The van der Waals surface area contributed by atoms with Crippen molar-refractivity contribution in [3.63, 3.8) is 0 Å². The predicted molar refractivity (Wildman–Crippen MR) is 48.6 cm³/mol. The predicted octanol–water partition coefficient (Wildman–Crippen LogP) is -0.263. The molecule has 0 aromatic rings. The van der Waals surface area contributed by atoms with Gasteiger partial charge in [0.2, 0.25) is 5.91 Å². The molecule has 0 saturated heterocycles. The lowest BCUT2D eigenvalue weighted by Crippen LogP contribution is -2.41. The van der Waals surface area contributed by atoms with Crippen LogP contribution in [0, 0.1) is 5.92 Å². The van der Waals surface area contributed by atoms with Crippen molar-refractivity contribution < 1.29 is 19.8 Å². The number of hydrogen-bond acceptors (Lipinski definition) is 3. The zero-order valence-corrected chi connectivity index (χ0v) is 8.06. The molecule has 0 aromatic carbocycles. The molecule has 1 aliphatic rings. The Hall–Kier alpha value is -1.10. The van der Waals surface area contributed by atoms with Crippen LogP contribution in [0.5, 0.6) is 0 Å². The van der Waals surface area contributed by atoms with E-state index in [4.69, 9.17) is 5.11 Å². The Labute approximate surface area is 82.1 Å². The number of amides is 1. The quantitative estimate of drug-likeness (QED) is 0.587. The Morgan fingerprint density at radius 3 is 2.50 bits per heavy atom. The second kappa shape index (κ2) is 4.41. The van der Waals surface area contributed by atoms with Gasteiger partial charge in [-0.1, -0.05) is 0 Å². The van der Waals surface area contributed by atoms with Crippen molar-refractivity contribution in [3.8, 4) is 0 Å². The summed E-state index contributed by atoms with van der Waals surface area (Å²) in [6, 6.07) is -0.861. The van der Waals surface area contributed by atoms with Crippen LogP contribution < -0.4 is 5.32 Å². The average molecular weight is 201 g/mol.